The molecule has 5 atom stereocenters. The molecule has 5 unspecified atom stereocenters. The second kappa shape index (κ2) is 17.2. The lowest BCUT2D eigenvalue weighted by molar-refractivity contribution is -0.143. The molecule has 4 fully saturated rings. The Labute approximate surface area is 361 Å². The number of urea groups is 1. The van der Waals surface area contributed by atoms with Crippen LogP contribution in [0.15, 0.2) is 35.7 Å². The van der Waals surface area contributed by atoms with E-state index in [-0.39, 0.29) is 37.2 Å². The number of ether oxygens (including phenoxy) is 2. The predicted octanol–water partition coefficient (Wildman–Crippen LogP) is 5.67. The number of sulfonamides is 1. The Morgan fingerprint density at radius 1 is 1.05 bits per heavy atom. The monoisotopic (exact) mass is 875 g/mol. The van der Waals surface area contributed by atoms with Crippen LogP contribution in [0.4, 0.5) is 4.79 Å². The number of methoxy groups -OCH3 is 1. The summed E-state index contributed by atoms with van der Waals surface area (Å²) in [5.41, 5.74) is 1.54. The molecule has 2 aliphatic carbocycles. The van der Waals surface area contributed by atoms with Gasteiger partial charge >= 0.3 is 6.03 Å². The van der Waals surface area contributed by atoms with Crippen LogP contribution in [-0.4, -0.2) is 120 Å². The maximum Gasteiger partial charge on any atom is 0.320 e. The summed E-state index contributed by atoms with van der Waals surface area (Å²) in [4.78, 5) is 72.3. The highest BCUT2D eigenvalue weighted by Crippen LogP contribution is 2.46. The molecule has 5 amide bonds. The van der Waals surface area contributed by atoms with Crippen molar-refractivity contribution in [1.82, 2.24) is 34.7 Å². The molecule has 0 spiro atoms. The Morgan fingerprint density at radius 2 is 1.82 bits per heavy atom. The van der Waals surface area contributed by atoms with Gasteiger partial charge in [0.1, 0.15) is 45.9 Å². The maximum absolute atomic E-state index is 15.0. The van der Waals surface area contributed by atoms with Crippen molar-refractivity contribution < 1.29 is 37.1 Å². The molecule has 8 rings (SSSR count). The topological polar surface area (TPSA) is 180 Å². The van der Waals surface area contributed by atoms with E-state index in [0.29, 0.717) is 61.5 Å². The Hall–Kier alpha value is -4.77. The van der Waals surface area contributed by atoms with Crippen molar-refractivity contribution in [1.29, 1.82) is 0 Å². The zero-order valence-corrected chi connectivity index (χ0v) is 37.3. The molecule has 17 heteroatoms. The van der Waals surface area contributed by atoms with Gasteiger partial charge in [-0.2, -0.15) is 0 Å². The SMILES string of the molecule is COc1ccc2c(OC3CC4C(=O)NC5(C(=O)NS(=O)(=O)C6CC6)CC5C=CCCCCCC(N(C)C(=O)N5CCCC5)C(=O)N4C3)cc(-c3nc(C(C)C)cs3)nc2c1C. The zero-order chi connectivity index (χ0) is 43.2. The van der Waals surface area contributed by atoms with Crippen molar-refractivity contribution in [3.63, 3.8) is 0 Å². The first-order valence-corrected chi connectivity index (χ1v) is 24.1. The standard InChI is InChI=1S/C44H57N7O8S2/c1-26(2)33-25-60-40(46-33)32-22-37(31-17-18-36(58-5)27(3)38(31)45-32)59-29-21-35-39(52)47-44(42(54)48-61(56,57)30-15-16-30)23-28(44)13-9-7-6-8-10-14-34(41(53)51(35)24-29)49(4)43(55)50-19-11-12-20-50/h9,13,17-18,22,25-26,28-30,34-35H,6-8,10-12,14-16,19-21,23-24H2,1-5H3,(H,47,52)(H,48,54). The van der Waals surface area contributed by atoms with Gasteiger partial charge in [0.25, 0.3) is 5.91 Å². The van der Waals surface area contributed by atoms with E-state index in [2.05, 4.69) is 23.9 Å². The number of likely N-dealkylation sites (tertiary alicyclic amines) is 1. The van der Waals surface area contributed by atoms with Crippen LogP contribution in [0, 0.1) is 12.8 Å². The number of allylic oxidation sites excluding steroid dienone is 1. The van der Waals surface area contributed by atoms with Gasteiger partial charge in [0.05, 0.1) is 30.1 Å². The lowest BCUT2D eigenvalue weighted by Crippen LogP contribution is -2.59. The quantitative estimate of drug-likeness (QED) is 0.255. The number of aromatic nitrogens is 2. The number of pyridine rings is 1. The molecule has 15 nitrogen and oxygen atoms in total. The summed E-state index contributed by atoms with van der Waals surface area (Å²) in [6.45, 7) is 7.37. The van der Waals surface area contributed by atoms with E-state index in [1.54, 1.807) is 19.1 Å². The van der Waals surface area contributed by atoms with Crippen molar-refractivity contribution in [2.75, 3.05) is 33.8 Å². The number of fused-ring (bicyclic) bond motifs is 3. The summed E-state index contributed by atoms with van der Waals surface area (Å²) in [6, 6.07) is 3.43. The minimum atomic E-state index is -3.90. The van der Waals surface area contributed by atoms with Gasteiger partial charge in [-0.15, -0.1) is 11.3 Å². The van der Waals surface area contributed by atoms with Crippen LogP contribution in [-0.2, 0) is 24.4 Å². The number of hydrogen-bond acceptors (Lipinski definition) is 11. The minimum Gasteiger partial charge on any atom is -0.496 e. The molecule has 2 aromatic heterocycles. The van der Waals surface area contributed by atoms with Gasteiger partial charge in [-0.25, -0.2) is 23.2 Å². The molecule has 5 heterocycles. The molecule has 0 radical (unpaired) electrons. The Morgan fingerprint density at radius 3 is 2.52 bits per heavy atom. The highest BCUT2D eigenvalue weighted by atomic mass is 32.2. The summed E-state index contributed by atoms with van der Waals surface area (Å²) in [6.07, 6.45) is 9.70. The normalized spacial score (nSPS) is 26.0. The van der Waals surface area contributed by atoms with E-state index < -0.39 is 56.7 Å². The number of rotatable bonds is 9. The fourth-order valence-corrected chi connectivity index (χ4v) is 11.3. The summed E-state index contributed by atoms with van der Waals surface area (Å²) < 4.78 is 40.8. The Bertz CT molecular complexity index is 2340. The highest BCUT2D eigenvalue weighted by Gasteiger charge is 2.62. The molecule has 2 saturated carbocycles. The third-order valence-electron chi connectivity index (χ3n) is 13.0. The number of aryl methyl sites for hydroxylation is 1. The number of nitrogens with one attached hydrogen (secondary N) is 2. The van der Waals surface area contributed by atoms with Crippen LogP contribution < -0.4 is 19.5 Å². The summed E-state index contributed by atoms with van der Waals surface area (Å²) in [5.74, 6) is -0.766. The van der Waals surface area contributed by atoms with Gasteiger partial charge in [0.2, 0.25) is 21.8 Å². The van der Waals surface area contributed by atoms with Gasteiger partial charge in [-0.3, -0.25) is 19.1 Å². The van der Waals surface area contributed by atoms with Crippen molar-refractivity contribution in [2.45, 2.75) is 126 Å². The largest absolute Gasteiger partial charge is 0.496 e. The fourth-order valence-electron chi connectivity index (χ4n) is 8.97. The van der Waals surface area contributed by atoms with Crippen LogP contribution in [0.5, 0.6) is 11.5 Å². The molecule has 2 saturated heterocycles. The number of benzene rings is 1. The fraction of sp³-hybridized carbons (Fsp3) is 0.591. The molecule has 5 aliphatic rings. The first kappa shape index (κ1) is 42.9. The maximum atomic E-state index is 15.0. The second-order valence-electron chi connectivity index (χ2n) is 17.6. The van der Waals surface area contributed by atoms with Gasteiger partial charge in [-0.1, -0.05) is 38.8 Å². The van der Waals surface area contributed by atoms with E-state index in [4.69, 9.17) is 19.4 Å². The van der Waals surface area contributed by atoms with E-state index in [1.807, 2.05) is 42.7 Å². The lowest BCUT2D eigenvalue weighted by atomic mass is 10.0. The number of carbonyl (C=O) groups is 4. The highest BCUT2D eigenvalue weighted by molar-refractivity contribution is 7.91. The average Bonchev–Trinajstić information content (AvgIpc) is 3.97. The van der Waals surface area contributed by atoms with Gasteiger partial charge in [0, 0.05) is 54.9 Å². The van der Waals surface area contributed by atoms with E-state index in [0.717, 1.165) is 53.8 Å². The molecule has 2 N–H and O–H groups in total. The van der Waals surface area contributed by atoms with Crippen LogP contribution >= 0.6 is 11.3 Å². The van der Waals surface area contributed by atoms with Crippen molar-refractivity contribution in [3.8, 4) is 22.2 Å². The number of amides is 5. The second-order valence-corrected chi connectivity index (χ2v) is 20.4. The number of nitrogens with zero attached hydrogens (tertiary/aromatic N) is 5. The smallest absolute Gasteiger partial charge is 0.320 e. The minimum absolute atomic E-state index is 0.0286. The number of carbonyl (C=O) groups excluding carboxylic acids is 4. The molecule has 3 aliphatic heterocycles. The Kier molecular flexibility index (Phi) is 12.1. The summed E-state index contributed by atoms with van der Waals surface area (Å²) in [7, 11) is -0.630. The molecule has 3 aromatic rings. The van der Waals surface area contributed by atoms with Gasteiger partial charge in [0.15, 0.2) is 0 Å². The van der Waals surface area contributed by atoms with Crippen LogP contribution in [0.1, 0.15) is 102 Å². The van der Waals surface area contributed by atoms with E-state index in [1.165, 1.54) is 21.1 Å². The van der Waals surface area contributed by atoms with Crippen molar-refractivity contribution >= 4 is 56.0 Å². The average molecular weight is 876 g/mol. The van der Waals surface area contributed by atoms with E-state index in [9.17, 15) is 22.8 Å². The first-order chi connectivity index (χ1) is 29.2. The molecule has 328 valence electrons. The molecular formula is C44H57N7O8S2. The van der Waals surface area contributed by atoms with Gasteiger partial charge in [-0.05, 0) is 76.3 Å². The number of likely N-dealkylation sites (N-methyl/N-ethyl adjacent to an activating group) is 1. The number of thiazole rings is 1. The summed E-state index contributed by atoms with van der Waals surface area (Å²) in [5, 5.41) is 5.80. The van der Waals surface area contributed by atoms with Crippen LogP contribution in [0.2, 0.25) is 0 Å². The third kappa shape index (κ3) is 8.69. The molecule has 61 heavy (non-hydrogen) atoms. The molecular weight excluding hydrogens is 819 g/mol. The van der Waals surface area contributed by atoms with Crippen LogP contribution in [0.25, 0.3) is 21.6 Å². The summed E-state index contributed by atoms with van der Waals surface area (Å²) >= 11 is 1.49. The van der Waals surface area contributed by atoms with Crippen molar-refractivity contribution in [3.05, 3.63) is 47.0 Å². The molecule has 1 aromatic carbocycles. The lowest BCUT2D eigenvalue weighted by Gasteiger charge is -2.35. The first-order valence-electron chi connectivity index (χ1n) is 21.7. The molecule has 0 bridgehead atoms. The van der Waals surface area contributed by atoms with E-state index >= 15 is 4.79 Å². The number of hydrogen-bond donors (Lipinski definition) is 2. The van der Waals surface area contributed by atoms with Crippen LogP contribution in [0.3, 0.4) is 0 Å². The Balaban J connectivity index is 1.15. The van der Waals surface area contributed by atoms with Crippen molar-refractivity contribution in [2.24, 2.45) is 5.92 Å². The predicted molar refractivity (Wildman–Crippen MR) is 232 cm³/mol. The van der Waals surface area contributed by atoms with Gasteiger partial charge < -0.3 is 29.5 Å². The third-order valence-corrected chi connectivity index (χ3v) is 15.7. The zero-order valence-electron chi connectivity index (χ0n) is 35.6.